The van der Waals surface area contributed by atoms with E-state index in [-0.39, 0.29) is 23.1 Å². The molecular formula is C17H28N2O2. The number of phenols is 1. The van der Waals surface area contributed by atoms with Crippen molar-refractivity contribution in [2.75, 3.05) is 21.1 Å². The lowest BCUT2D eigenvalue weighted by atomic mass is 9.86. The van der Waals surface area contributed by atoms with Crippen LogP contribution in [0.25, 0.3) is 0 Å². The Hall–Kier alpha value is -1.55. The van der Waals surface area contributed by atoms with E-state index in [1.807, 2.05) is 31.0 Å². The van der Waals surface area contributed by atoms with Gasteiger partial charge in [-0.1, -0.05) is 32.9 Å². The molecule has 4 heteroatoms. The smallest absolute Gasteiger partial charge is 0.239 e. The number of carbonyl (C=O) groups excluding carboxylic acids is 1. The van der Waals surface area contributed by atoms with Crippen molar-refractivity contribution in [1.82, 2.24) is 9.80 Å². The third-order valence-corrected chi connectivity index (χ3v) is 3.82. The van der Waals surface area contributed by atoms with Gasteiger partial charge >= 0.3 is 0 Å². The lowest BCUT2D eigenvalue weighted by Crippen LogP contribution is -2.42. The third kappa shape index (κ3) is 4.46. The largest absolute Gasteiger partial charge is 0.508 e. The first kappa shape index (κ1) is 17.5. The molecule has 0 fully saturated rings. The Kier molecular flexibility index (Phi) is 5.40. The highest BCUT2D eigenvalue weighted by Crippen LogP contribution is 2.28. The number of nitrogens with zero attached hydrogens (tertiary/aromatic N) is 2. The van der Waals surface area contributed by atoms with E-state index in [9.17, 15) is 9.90 Å². The zero-order valence-electron chi connectivity index (χ0n) is 14.3. The van der Waals surface area contributed by atoms with Gasteiger partial charge in [-0.25, -0.2) is 0 Å². The molecule has 1 N–H and O–H groups in total. The maximum atomic E-state index is 12.0. The van der Waals surface area contributed by atoms with E-state index in [4.69, 9.17) is 0 Å². The van der Waals surface area contributed by atoms with Crippen molar-refractivity contribution >= 4 is 5.91 Å². The van der Waals surface area contributed by atoms with Gasteiger partial charge in [-0.05, 0) is 31.0 Å². The zero-order chi connectivity index (χ0) is 16.4. The number of rotatable bonds is 4. The standard InChI is InChI=1S/C17H28N2O2/c1-12(16(21)18(5)6)19(7)11-13-10-14(17(2,3)4)8-9-15(13)20/h8-10,12,20H,11H2,1-7H3/t12-/m1/s1. The molecule has 0 aliphatic heterocycles. The molecule has 0 spiro atoms. The summed E-state index contributed by atoms with van der Waals surface area (Å²) in [6, 6.07) is 5.49. The first-order valence-corrected chi connectivity index (χ1v) is 7.28. The lowest BCUT2D eigenvalue weighted by molar-refractivity contribution is -0.133. The molecule has 1 amide bonds. The van der Waals surface area contributed by atoms with Gasteiger partial charge < -0.3 is 10.0 Å². The molecule has 1 aromatic rings. The summed E-state index contributed by atoms with van der Waals surface area (Å²) in [6.07, 6.45) is 0. The molecule has 0 unspecified atom stereocenters. The molecule has 21 heavy (non-hydrogen) atoms. The molecular weight excluding hydrogens is 264 g/mol. The Bertz CT molecular complexity index is 504. The highest BCUT2D eigenvalue weighted by atomic mass is 16.3. The lowest BCUT2D eigenvalue weighted by Gasteiger charge is -2.27. The summed E-state index contributed by atoms with van der Waals surface area (Å²) >= 11 is 0. The van der Waals surface area contributed by atoms with E-state index in [2.05, 4.69) is 20.8 Å². The van der Waals surface area contributed by atoms with Crippen LogP contribution in [0.4, 0.5) is 0 Å². The van der Waals surface area contributed by atoms with Gasteiger partial charge in [0.25, 0.3) is 0 Å². The fourth-order valence-corrected chi connectivity index (χ4v) is 2.15. The number of likely N-dealkylation sites (N-methyl/N-ethyl adjacent to an activating group) is 2. The van der Waals surface area contributed by atoms with Crippen LogP contribution in [-0.2, 0) is 16.8 Å². The van der Waals surface area contributed by atoms with Crippen molar-refractivity contribution in [1.29, 1.82) is 0 Å². The number of benzene rings is 1. The highest BCUT2D eigenvalue weighted by Gasteiger charge is 2.21. The Balaban J connectivity index is 2.94. The number of carbonyl (C=O) groups is 1. The Morgan fingerprint density at radius 2 is 1.81 bits per heavy atom. The maximum absolute atomic E-state index is 12.0. The van der Waals surface area contributed by atoms with Crippen molar-refractivity contribution in [2.24, 2.45) is 0 Å². The second-order valence-corrected chi connectivity index (χ2v) is 6.92. The second kappa shape index (κ2) is 6.48. The van der Waals surface area contributed by atoms with Crippen molar-refractivity contribution in [3.63, 3.8) is 0 Å². The van der Waals surface area contributed by atoms with Gasteiger partial charge in [0, 0.05) is 26.2 Å². The molecule has 1 atom stereocenters. The summed E-state index contributed by atoms with van der Waals surface area (Å²) in [4.78, 5) is 15.5. The van der Waals surface area contributed by atoms with E-state index < -0.39 is 0 Å². The van der Waals surface area contributed by atoms with Crippen molar-refractivity contribution in [3.8, 4) is 5.75 Å². The predicted molar refractivity (Wildman–Crippen MR) is 86.4 cm³/mol. The van der Waals surface area contributed by atoms with Crippen LogP contribution >= 0.6 is 0 Å². The minimum atomic E-state index is -0.224. The Morgan fingerprint density at radius 3 is 2.29 bits per heavy atom. The molecule has 0 radical (unpaired) electrons. The minimum absolute atomic E-state index is 0.0338. The zero-order valence-corrected chi connectivity index (χ0v) is 14.3. The summed E-state index contributed by atoms with van der Waals surface area (Å²) in [5.41, 5.74) is 2.06. The number of hydrogen-bond acceptors (Lipinski definition) is 3. The topological polar surface area (TPSA) is 43.8 Å². The molecule has 0 bridgehead atoms. The van der Waals surface area contributed by atoms with E-state index >= 15 is 0 Å². The van der Waals surface area contributed by atoms with E-state index in [1.54, 1.807) is 25.1 Å². The fourth-order valence-electron chi connectivity index (χ4n) is 2.15. The van der Waals surface area contributed by atoms with Crippen LogP contribution in [0.3, 0.4) is 0 Å². The SMILES string of the molecule is C[C@H](C(=O)N(C)C)N(C)Cc1cc(C(C)(C)C)ccc1O. The summed E-state index contributed by atoms with van der Waals surface area (Å²) in [5, 5.41) is 10.1. The molecule has 0 aromatic heterocycles. The van der Waals surface area contributed by atoms with Gasteiger partial charge in [0.2, 0.25) is 5.91 Å². The molecule has 118 valence electrons. The van der Waals surface area contributed by atoms with Crippen LogP contribution in [0.2, 0.25) is 0 Å². The summed E-state index contributed by atoms with van der Waals surface area (Å²) in [6.45, 7) is 8.85. The summed E-state index contributed by atoms with van der Waals surface area (Å²) < 4.78 is 0. The van der Waals surface area contributed by atoms with Gasteiger partial charge in [-0.3, -0.25) is 9.69 Å². The normalized spacial score (nSPS) is 13.3. The van der Waals surface area contributed by atoms with Crippen molar-refractivity contribution in [2.45, 2.75) is 45.7 Å². The van der Waals surface area contributed by atoms with Crippen molar-refractivity contribution < 1.29 is 9.90 Å². The van der Waals surface area contributed by atoms with Crippen LogP contribution in [0.15, 0.2) is 18.2 Å². The highest BCUT2D eigenvalue weighted by molar-refractivity contribution is 5.80. The predicted octanol–water partition coefficient (Wildman–Crippen LogP) is 2.60. The van der Waals surface area contributed by atoms with Gasteiger partial charge in [0.1, 0.15) is 5.75 Å². The van der Waals surface area contributed by atoms with E-state index in [0.717, 1.165) is 5.56 Å². The van der Waals surface area contributed by atoms with Crippen LogP contribution < -0.4 is 0 Å². The van der Waals surface area contributed by atoms with Crippen LogP contribution in [0.1, 0.15) is 38.8 Å². The van der Waals surface area contributed by atoms with Crippen LogP contribution in [-0.4, -0.2) is 48.0 Å². The second-order valence-electron chi connectivity index (χ2n) is 6.92. The van der Waals surface area contributed by atoms with Gasteiger partial charge in [0.15, 0.2) is 0 Å². The molecule has 4 nitrogen and oxygen atoms in total. The number of amides is 1. The molecule has 0 aliphatic carbocycles. The fraction of sp³-hybridized carbons (Fsp3) is 0.588. The van der Waals surface area contributed by atoms with Crippen LogP contribution in [0, 0.1) is 0 Å². The van der Waals surface area contributed by atoms with Crippen LogP contribution in [0.5, 0.6) is 5.75 Å². The first-order chi connectivity index (χ1) is 9.54. The van der Waals surface area contributed by atoms with E-state index in [1.165, 1.54) is 5.56 Å². The Morgan fingerprint density at radius 1 is 1.24 bits per heavy atom. The van der Waals surface area contributed by atoms with Gasteiger partial charge in [-0.15, -0.1) is 0 Å². The molecule has 0 aliphatic rings. The summed E-state index contributed by atoms with van der Waals surface area (Å²) in [5.74, 6) is 0.336. The third-order valence-electron chi connectivity index (χ3n) is 3.82. The summed E-state index contributed by atoms with van der Waals surface area (Å²) in [7, 11) is 5.41. The van der Waals surface area contributed by atoms with Gasteiger partial charge in [0.05, 0.1) is 6.04 Å². The molecule has 0 saturated carbocycles. The Labute approximate surface area is 128 Å². The van der Waals surface area contributed by atoms with Gasteiger partial charge in [-0.2, -0.15) is 0 Å². The minimum Gasteiger partial charge on any atom is -0.508 e. The molecule has 1 aromatic carbocycles. The average molecular weight is 292 g/mol. The average Bonchev–Trinajstić information content (AvgIpc) is 2.37. The maximum Gasteiger partial charge on any atom is 0.239 e. The number of phenolic OH excluding ortho intramolecular Hbond substituents is 1. The monoisotopic (exact) mass is 292 g/mol. The molecule has 0 saturated heterocycles. The quantitative estimate of drug-likeness (QED) is 0.927. The first-order valence-electron chi connectivity index (χ1n) is 7.28. The molecule has 0 heterocycles. The van der Waals surface area contributed by atoms with E-state index in [0.29, 0.717) is 6.54 Å². The van der Waals surface area contributed by atoms with Crippen molar-refractivity contribution in [3.05, 3.63) is 29.3 Å². The number of hydrogen-bond donors (Lipinski definition) is 1. The molecule has 1 rings (SSSR count). The number of aromatic hydroxyl groups is 1.